The zero-order chi connectivity index (χ0) is 17.5. The van der Waals surface area contributed by atoms with E-state index in [0.29, 0.717) is 34.5 Å². The summed E-state index contributed by atoms with van der Waals surface area (Å²) in [7, 11) is 0. The Kier molecular flexibility index (Phi) is 7.15. The summed E-state index contributed by atoms with van der Waals surface area (Å²) in [5, 5.41) is 12.9. The van der Waals surface area contributed by atoms with Gasteiger partial charge in [-0.25, -0.2) is 0 Å². The molecule has 1 N–H and O–H groups in total. The summed E-state index contributed by atoms with van der Waals surface area (Å²) in [6, 6.07) is 4.95. The highest BCUT2D eigenvalue weighted by molar-refractivity contribution is 7.99. The monoisotopic (exact) mass is 384 g/mol. The normalized spacial score (nSPS) is 10.6. The van der Waals surface area contributed by atoms with Crippen LogP contribution in [0.1, 0.15) is 19.2 Å². The molecule has 0 radical (unpaired) electrons. The molecule has 1 aromatic carbocycles. The van der Waals surface area contributed by atoms with Crippen LogP contribution >= 0.6 is 35.0 Å². The smallest absolute Gasteiger partial charge is 0.225 e. The van der Waals surface area contributed by atoms with E-state index >= 15 is 0 Å². The van der Waals surface area contributed by atoms with Gasteiger partial charge in [0.2, 0.25) is 5.91 Å². The van der Waals surface area contributed by atoms with Crippen molar-refractivity contribution in [3.05, 3.63) is 46.7 Å². The first-order valence-electron chi connectivity index (χ1n) is 7.45. The van der Waals surface area contributed by atoms with Crippen molar-refractivity contribution in [3.63, 3.8) is 0 Å². The Morgan fingerprint density at radius 1 is 1.42 bits per heavy atom. The second kappa shape index (κ2) is 9.11. The molecule has 5 nitrogen and oxygen atoms in total. The third-order valence-electron chi connectivity index (χ3n) is 3.18. The van der Waals surface area contributed by atoms with Crippen molar-refractivity contribution in [2.24, 2.45) is 0 Å². The lowest BCUT2D eigenvalue weighted by Gasteiger charge is -2.08. The molecule has 0 bridgehead atoms. The Morgan fingerprint density at radius 3 is 2.92 bits per heavy atom. The summed E-state index contributed by atoms with van der Waals surface area (Å²) >= 11 is 13.4. The number of hydrogen-bond donors (Lipinski definition) is 1. The van der Waals surface area contributed by atoms with E-state index in [1.807, 2.05) is 11.5 Å². The van der Waals surface area contributed by atoms with Crippen LogP contribution in [0.3, 0.4) is 0 Å². The molecule has 0 aliphatic rings. The molecule has 8 heteroatoms. The minimum atomic E-state index is -0.128. The maximum atomic E-state index is 12.1. The zero-order valence-corrected chi connectivity index (χ0v) is 15.6. The van der Waals surface area contributed by atoms with Gasteiger partial charge in [-0.05, 0) is 18.2 Å². The maximum Gasteiger partial charge on any atom is 0.225 e. The van der Waals surface area contributed by atoms with E-state index in [2.05, 4.69) is 22.1 Å². The maximum absolute atomic E-state index is 12.1. The number of aromatic nitrogens is 3. The molecule has 0 aliphatic heterocycles. The number of carbonyl (C=O) groups excluding carboxylic acids is 1. The van der Waals surface area contributed by atoms with Gasteiger partial charge in [-0.15, -0.1) is 16.8 Å². The quantitative estimate of drug-likeness (QED) is 0.539. The fourth-order valence-corrected chi connectivity index (χ4v) is 3.28. The van der Waals surface area contributed by atoms with Gasteiger partial charge in [0.25, 0.3) is 0 Å². The highest BCUT2D eigenvalue weighted by Gasteiger charge is 2.12. The number of anilines is 1. The Bertz CT molecular complexity index is 733. The third-order valence-corrected chi connectivity index (χ3v) is 4.72. The van der Waals surface area contributed by atoms with E-state index in [9.17, 15) is 4.79 Å². The van der Waals surface area contributed by atoms with Gasteiger partial charge in [-0.2, -0.15) is 0 Å². The Labute approximate surface area is 155 Å². The van der Waals surface area contributed by atoms with E-state index in [-0.39, 0.29) is 5.91 Å². The average molecular weight is 385 g/mol. The molecular formula is C16H18Cl2N4OS. The molecule has 0 saturated heterocycles. The molecule has 0 unspecified atom stereocenters. The fraction of sp³-hybridized carbons (Fsp3) is 0.312. The lowest BCUT2D eigenvalue weighted by molar-refractivity contribution is -0.115. The highest BCUT2D eigenvalue weighted by atomic mass is 35.5. The van der Waals surface area contributed by atoms with E-state index in [4.69, 9.17) is 23.2 Å². The summed E-state index contributed by atoms with van der Waals surface area (Å²) in [5.74, 6) is 1.37. The molecule has 0 fully saturated rings. The minimum absolute atomic E-state index is 0.128. The summed E-state index contributed by atoms with van der Waals surface area (Å²) in [6.45, 7) is 6.43. The molecule has 24 heavy (non-hydrogen) atoms. The number of halogens is 2. The van der Waals surface area contributed by atoms with Crippen LogP contribution in [0, 0.1) is 0 Å². The van der Waals surface area contributed by atoms with E-state index in [1.54, 1.807) is 24.3 Å². The average Bonchev–Trinajstić information content (AvgIpc) is 2.93. The summed E-state index contributed by atoms with van der Waals surface area (Å²) < 4.78 is 2.00. The van der Waals surface area contributed by atoms with Crippen LogP contribution in [-0.2, 0) is 17.8 Å². The number of benzene rings is 1. The second-order valence-electron chi connectivity index (χ2n) is 4.92. The predicted octanol–water partition coefficient (Wildman–Crippen LogP) is 4.45. The molecule has 0 aliphatic carbocycles. The number of nitrogens with zero attached hydrogens (tertiary/aromatic N) is 3. The molecule has 1 amide bonds. The Hall–Kier alpha value is -1.50. The number of amides is 1. The van der Waals surface area contributed by atoms with Crippen molar-refractivity contribution >= 4 is 46.6 Å². The lowest BCUT2D eigenvalue weighted by atomic mass is 10.3. The molecule has 1 aromatic heterocycles. The number of thioether (sulfide) groups is 1. The van der Waals surface area contributed by atoms with Crippen LogP contribution in [0.15, 0.2) is 36.0 Å². The van der Waals surface area contributed by atoms with E-state index in [1.165, 1.54) is 11.8 Å². The van der Waals surface area contributed by atoms with Gasteiger partial charge in [0, 0.05) is 30.2 Å². The van der Waals surface area contributed by atoms with Crippen LogP contribution in [0.5, 0.6) is 0 Å². The van der Waals surface area contributed by atoms with Crippen molar-refractivity contribution in [1.29, 1.82) is 0 Å². The minimum Gasteiger partial charge on any atom is -0.325 e. The SMILES string of the molecule is C=CCn1c(CC)nnc1SCCC(=O)Nc1cc(Cl)ccc1Cl. The van der Waals surface area contributed by atoms with E-state index < -0.39 is 0 Å². The van der Waals surface area contributed by atoms with Gasteiger partial charge in [0.05, 0.1) is 10.7 Å². The largest absolute Gasteiger partial charge is 0.325 e. The second-order valence-corrected chi connectivity index (χ2v) is 6.83. The summed E-state index contributed by atoms with van der Waals surface area (Å²) in [6.07, 6.45) is 2.94. The van der Waals surface area contributed by atoms with Gasteiger partial charge in [0.15, 0.2) is 5.16 Å². The molecule has 2 aromatic rings. The van der Waals surface area contributed by atoms with Crippen LogP contribution in [0.4, 0.5) is 5.69 Å². The van der Waals surface area contributed by atoms with E-state index in [0.717, 1.165) is 17.4 Å². The van der Waals surface area contributed by atoms with Gasteiger partial charge in [0.1, 0.15) is 5.82 Å². The first kappa shape index (κ1) is 18.8. The Morgan fingerprint density at radius 2 is 2.21 bits per heavy atom. The third kappa shape index (κ3) is 5.00. The molecule has 128 valence electrons. The molecule has 2 rings (SSSR count). The van der Waals surface area contributed by atoms with Crippen molar-refractivity contribution in [3.8, 4) is 0 Å². The molecule has 1 heterocycles. The molecule has 0 atom stereocenters. The fourth-order valence-electron chi connectivity index (χ4n) is 2.04. The van der Waals surface area contributed by atoms with Crippen molar-refractivity contribution in [2.75, 3.05) is 11.1 Å². The number of allylic oxidation sites excluding steroid dienone is 1. The van der Waals surface area contributed by atoms with Crippen molar-refractivity contribution in [1.82, 2.24) is 14.8 Å². The number of aryl methyl sites for hydroxylation is 1. The van der Waals surface area contributed by atoms with Crippen LogP contribution in [0.2, 0.25) is 10.0 Å². The van der Waals surface area contributed by atoms with Crippen molar-refractivity contribution in [2.45, 2.75) is 31.5 Å². The van der Waals surface area contributed by atoms with Crippen LogP contribution in [-0.4, -0.2) is 26.4 Å². The van der Waals surface area contributed by atoms with Crippen LogP contribution in [0.25, 0.3) is 0 Å². The topological polar surface area (TPSA) is 59.8 Å². The van der Waals surface area contributed by atoms with Gasteiger partial charge >= 0.3 is 0 Å². The lowest BCUT2D eigenvalue weighted by Crippen LogP contribution is -2.13. The first-order chi connectivity index (χ1) is 11.5. The van der Waals surface area contributed by atoms with Gasteiger partial charge in [-0.3, -0.25) is 4.79 Å². The number of hydrogen-bond acceptors (Lipinski definition) is 4. The van der Waals surface area contributed by atoms with Gasteiger partial charge in [-0.1, -0.05) is 48.0 Å². The molecule has 0 spiro atoms. The predicted molar refractivity (Wildman–Crippen MR) is 100 cm³/mol. The summed E-state index contributed by atoms with van der Waals surface area (Å²) in [4.78, 5) is 12.1. The molecular weight excluding hydrogens is 367 g/mol. The first-order valence-corrected chi connectivity index (χ1v) is 9.20. The standard InChI is InChI=1S/C16H18Cl2N4OS/c1-3-8-22-14(4-2)20-21-16(22)24-9-7-15(23)19-13-10-11(17)5-6-12(13)18/h3,5-6,10H,1,4,7-9H2,2H3,(H,19,23). The Balaban J connectivity index is 1.90. The zero-order valence-electron chi connectivity index (χ0n) is 13.3. The summed E-state index contributed by atoms with van der Waals surface area (Å²) in [5.41, 5.74) is 0.516. The number of carbonyl (C=O) groups is 1. The number of rotatable bonds is 8. The highest BCUT2D eigenvalue weighted by Crippen LogP contribution is 2.26. The molecule has 0 saturated carbocycles. The van der Waals surface area contributed by atoms with Crippen LogP contribution < -0.4 is 5.32 Å². The van der Waals surface area contributed by atoms with Crippen molar-refractivity contribution < 1.29 is 4.79 Å². The van der Waals surface area contributed by atoms with Gasteiger partial charge < -0.3 is 9.88 Å². The number of nitrogens with one attached hydrogen (secondary N) is 1.